The van der Waals surface area contributed by atoms with Gasteiger partial charge in [-0.1, -0.05) is 0 Å². The van der Waals surface area contributed by atoms with E-state index in [1.54, 1.807) is 25.4 Å². The van der Waals surface area contributed by atoms with Crippen LogP contribution in [-0.2, 0) is 17.4 Å². The number of nitrogens with zero attached hydrogens (tertiary/aromatic N) is 4. The summed E-state index contributed by atoms with van der Waals surface area (Å²) in [6, 6.07) is 8.52. The number of aryl methyl sites for hydroxylation is 1. The van der Waals surface area contributed by atoms with E-state index < -0.39 is 4.92 Å². The SMILES string of the molecule is COC1(c2ccnn2C)CN(c2ccc([N+](=O)[O-])cc2)C1. The van der Waals surface area contributed by atoms with Crippen LogP contribution >= 0.6 is 0 Å². The van der Waals surface area contributed by atoms with Gasteiger partial charge in [-0.3, -0.25) is 14.8 Å². The van der Waals surface area contributed by atoms with Gasteiger partial charge < -0.3 is 9.64 Å². The van der Waals surface area contributed by atoms with E-state index in [1.165, 1.54) is 12.1 Å². The number of hydrogen-bond donors (Lipinski definition) is 0. The van der Waals surface area contributed by atoms with Gasteiger partial charge in [-0.25, -0.2) is 0 Å². The van der Waals surface area contributed by atoms with Crippen LogP contribution in [0.1, 0.15) is 5.69 Å². The highest BCUT2D eigenvalue weighted by atomic mass is 16.6. The Bertz CT molecular complexity index is 659. The lowest BCUT2D eigenvalue weighted by atomic mass is 9.89. The van der Waals surface area contributed by atoms with E-state index in [4.69, 9.17) is 4.74 Å². The fourth-order valence-corrected chi connectivity index (χ4v) is 2.75. The maximum Gasteiger partial charge on any atom is 0.269 e. The van der Waals surface area contributed by atoms with E-state index in [0.717, 1.165) is 11.4 Å². The van der Waals surface area contributed by atoms with Crippen molar-refractivity contribution in [3.8, 4) is 0 Å². The predicted molar refractivity (Wildman–Crippen MR) is 77.2 cm³/mol. The minimum atomic E-state index is -0.394. The van der Waals surface area contributed by atoms with Gasteiger partial charge in [0.2, 0.25) is 0 Å². The van der Waals surface area contributed by atoms with Gasteiger partial charge >= 0.3 is 0 Å². The zero-order valence-electron chi connectivity index (χ0n) is 11.9. The monoisotopic (exact) mass is 288 g/mol. The van der Waals surface area contributed by atoms with E-state index in [2.05, 4.69) is 10.00 Å². The molecule has 0 radical (unpaired) electrons. The molecule has 2 heterocycles. The van der Waals surface area contributed by atoms with Crippen LogP contribution in [0.15, 0.2) is 36.5 Å². The Labute approximate surface area is 121 Å². The second-order valence-corrected chi connectivity index (χ2v) is 5.17. The van der Waals surface area contributed by atoms with Gasteiger partial charge in [0.25, 0.3) is 5.69 Å². The average molecular weight is 288 g/mol. The Morgan fingerprint density at radius 2 is 1.95 bits per heavy atom. The number of methoxy groups -OCH3 is 1. The number of non-ortho nitro benzene ring substituents is 1. The van der Waals surface area contributed by atoms with Gasteiger partial charge in [-0.15, -0.1) is 0 Å². The largest absolute Gasteiger partial charge is 0.368 e. The van der Waals surface area contributed by atoms with Crippen molar-refractivity contribution in [2.24, 2.45) is 7.05 Å². The molecule has 1 saturated heterocycles. The Morgan fingerprint density at radius 1 is 1.29 bits per heavy atom. The quantitative estimate of drug-likeness (QED) is 0.632. The van der Waals surface area contributed by atoms with Crippen LogP contribution in [0.5, 0.6) is 0 Å². The highest BCUT2D eigenvalue weighted by Crippen LogP contribution is 2.38. The Balaban J connectivity index is 1.77. The number of nitro groups is 1. The third kappa shape index (κ3) is 2.15. The van der Waals surface area contributed by atoms with E-state index in [1.807, 2.05) is 17.8 Å². The number of benzene rings is 1. The molecule has 110 valence electrons. The summed E-state index contributed by atoms with van der Waals surface area (Å²) in [6.45, 7) is 1.39. The van der Waals surface area contributed by atoms with Crippen LogP contribution in [0.25, 0.3) is 0 Å². The van der Waals surface area contributed by atoms with E-state index in [-0.39, 0.29) is 11.3 Å². The van der Waals surface area contributed by atoms with Crippen LogP contribution in [0, 0.1) is 10.1 Å². The topological polar surface area (TPSA) is 73.4 Å². The molecule has 0 bridgehead atoms. The molecule has 1 aromatic heterocycles. The number of ether oxygens (including phenoxy) is 1. The number of anilines is 1. The van der Waals surface area contributed by atoms with Crippen LogP contribution in [-0.4, -0.2) is 34.9 Å². The lowest BCUT2D eigenvalue weighted by Crippen LogP contribution is -2.61. The lowest BCUT2D eigenvalue weighted by Gasteiger charge is -2.50. The summed E-state index contributed by atoms with van der Waals surface area (Å²) in [6.07, 6.45) is 1.75. The second-order valence-electron chi connectivity index (χ2n) is 5.17. The molecule has 0 atom stereocenters. The highest BCUT2D eigenvalue weighted by molar-refractivity contribution is 5.54. The first-order valence-electron chi connectivity index (χ1n) is 6.59. The van der Waals surface area contributed by atoms with Gasteiger partial charge in [0.1, 0.15) is 5.60 Å². The zero-order chi connectivity index (χ0) is 15.0. The summed E-state index contributed by atoms with van der Waals surface area (Å²) in [5, 5.41) is 14.9. The van der Waals surface area contributed by atoms with Gasteiger partial charge in [-0.05, 0) is 18.2 Å². The van der Waals surface area contributed by atoms with Crippen molar-refractivity contribution >= 4 is 11.4 Å². The summed E-state index contributed by atoms with van der Waals surface area (Å²) < 4.78 is 7.52. The third-order valence-electron chi connectivity index (χ3n) is 4.00. The average Bonchev–Trinajstić information content (AvgIpc) is 2.86. The highest BCUT2D eigenvalue weighted by Gasteiger charge is 2.46. The van der Waals surface area contributed by atoms with Crippen molar-refractivity contribution in [3.05, 3.63) is 52.3 Å². The van der Waals surface area contributed by atoms with Crippen LogP contribution in [0.2, 0.25) is 0 Å². The molecule has 0 saturated carbocycles. The van der Waals surface area contributed by atoms with Gasteiger partial charge in [0, 0.05) is 38.2 Å². The summed E-state index contributed by atoms with van der Waals surface area (Å²) in [5.41, 5.74) is 1.72. The van der Waals surface area contributed by atoms with Gasteiger partial charge in [-0.2, -0.15) is 5.10 Å². The molecule has 1 aliphatic rings. The van der Waals surface area contributed by atoms with Crippen LogP contribution in [0.3, 0.4) is 0 Å². The van der Waals surface area contributed by atoms with Gasteiger partial charge in [0.15, 0.2) is 0 Å². The van der Waals surface area contributed by atoms with Crippen molar-refractivity contribution in [2.75, 3.05) is 25.1 Å². The summed E-state index contributed by atoms with van der Waals surface area (Å²) >= 11 is 0. The van der Waals surface area contributed by atoms with Crippen LogP contribution in [0.4, 0.5) is 11.4 Å². The lowest BCUT2D eigenvalue weighted by molar-refractivity contribution is -0.384. The predicted octanol–water partition coefficient (Wildman–Crippen LogP) is 1.69. The molecule has 1 aliphatic heterocycles. The number of hydrogen-bond acceptors (Lipinski definition) is 5. The zero-order valence-corrected chi connectivity index (χ0v) is 11.9. The Kier molecular flexibility index (Phi) is 3.13. The van der Waals surface area contributed by atoms with Crippen molar-refractivity contribution in [2.45, 2.75) is 5.60 Å². The first-order valence-corrected chi connectivity index (χ1v) is 6.59. The minimum absolute atomic E-state index is 0.101. The number of nitro benzene ring substituents is 1. The third-order valence-corrected chi connectivity index (χ3v) is 4.00. The van der Waals surface area contributed by atoms with E-state index in [0.29, 0.717) is 13.1 Å². The van der Waals surface area contributed by atoms with E-state index in [9.17, 15) is 10.1 Å². The van der Waals surface area contributed by atoms with Crippen molar-refractivity contribution in [3.63, 3.8) is 0 Å². The number of aromatic nitrogens is 2. The molecule has 0 spiro atoms. The molecule has 0 N–H and O–H groups in total. The van der Waals surface area contributed by atoms with Gasteiger partial charge in [0.05, 0.1) is 23.7 Å². The molecule has 7 heteroatoms. The fraction of sp³-hybridized carbons (Fsp3) is 0.357. The molecule has 0 aliphatic carbocycles. The van der Waals surface area contributed by atoms with E-state index >= 15 is 0 Å². The smallest absolute Gasteiger partial charge is 0.269 e. The maximum atomic E-state index is 10.7. The first kappa shape index (κ1) is 13.6. The molecular weight excluding hydrogens is 272 g/mol. The molecule has 1 fully saturated rings. The standard InChI is InChI=1S/C14H16N4O3/c1-16-13(7-8-15-16)14(21-2)9-17(10-14)11-3-5-12(6-4-11)18(19)20/h3-8H,9-10H2,1-2H3. The molecular formula is C14H16N4O3. The molecule has 21 heavy (non-hydrogen) atoms. The van der Waals surface area contributed by atoms with Crippen molar-refractivity contribution in [1.29, 1.82) is 0 Å². The Morgan fingerprint density at radius 3 is 2.43 bits per heavy atom. The molecule has 0 unspecified atom stereocenters. The van der Waals surface area contributed by atoms with Crippen molar-refractivity contribution < 1.29 is 9.66 Å². The number of rotatable bonds is 4. The molecule has 1 aromatic carbocycles. The molecule has 3 rings (SSSR count). The summed E-state index contributed by atoms with van der Waals surface area (Å²) in [7, 11) is 3.59. The second kappa shape index (κ2) is 4.85. The minimum Gasteiger partial charge on any atom is -0.368 e. The van der Waals surface area contributed by atoms with Crippen LogP contribution < -0.4 is 4.90 Å². The Hall–Kier alpha value is -2.41. The maximum absolute atomic E-state index is 10.7. The normalized spacial score (nSPS) is 16.6. The first-order chi connectivity index (χ1) is 10.1. The molecule has 2 aromatic rings. The fourth-order valence-electron chi connectivity index (χ4n) is 2.75. The molecule has 0 amide bonds. The summed E-state index contributed by atoms with van der Waals surface area (Å²) in [4.78, 5) is 12.4. The summed E-state index contributed by atoms with van der Waals surface area (Å²) in [5.74, 6) is 0. The van der Waals surface area contributed by atoms with Crippen molar-refractivity contribution in [1.82, 2.24) is 9.78 Å². The molecule has 7 nitrogen and oxygen atoms in total.